The number of hydrogen-bond donors (Lipinski definition) is 1. The van der Waals surface area contributed by atoms with Crippen molar-refractivity contribution in [3.63, 3.8) is 0 Å². The van der Waals surface area contributed by atoms with E-state index >= 15 is 0 Å². The summed E-state index contributed by atoms with van der Waals surface area (Å²) >= 11 is 0. The van der Waals surface area contributed by atoms with Crippen LogP contribution in [0.3, 0.4) is 0 Å². The number of carbonyl (C=O) groups is 1. The average molecular weight is 247 g/mol. The lowest BCUT2D eigenvalue weighted by atomic mass is 10.0. The molecule has 1 atom stereocenters. The Morgan fingerprint density at radius 3 is 2.83 bits per heavy atom. The van der Waals surface area contributed by atoms with Crippen LogP contribution < -0.4 is 5.32 Å². The van der Waals surface area contributed by atoms with Gasteiger partial charge in [0.2, 0.25) is 0 Å². The monoisotopic (exact) mass is 247 g/mol. The molecule has 1 fully saturated rings. The number of nitrogens with one attached hydrogen (secondary N) is 1. The van der Waals surface area contributed by atoms with Crippen LogP contribution in [0.25, 0.3) is 0 Å². The molecule has 0 saturated carbocycles. The second kappa shape index (κ2) is 7.17. The zero-order valence-electron chi connectivity index (χ0n) is 10.7. The number of hydrogen-bond acceptors (Lipinski definition) is 3. The molecule has 0 aromatic heterocycles. The number of piperidine rings is 1. The molecule has 1 unspecified atom stereocenters. The van der Waals surface area contributed by atoms with Crippen LogP contribution in [0.15, 0.2) is 30.3 Å². The van der Waals surface area contributed by atoms with E-state index in [1.807, 2.05) is 30.3 Å². The predicted molar refractivity (Wildman–Crippen MR) is 71.1 cm³/mol. The number of esters is 1. The van der Waals surface area contributed by atoms with Crippen LogP contribution in [0.1, 0.15) is 37.7 Å². The third kappa shape index (κ3) is 4.49. The summed E-state index contributed by atoms with van der Waals surface area (Å²) in [5.74, 6) is -0.0915. The molecule has 98 valence electrons. The van der Waals surface area contributed by atoms with Gasteiger partial charge in [-0.25, -0.2) is 0 Å². The molecule has 0 amide bonds. The van der Waals surface area contributed by atoms with Crippen LogP contribution in [0.5, 0.6) is 0 Å². The predicted octanol–water partition coefficient (Wildman–Crippen LogP) is 2.65. The summed E-state index contributed by atoms with van der Waals surface area (Å²) in [7, 11) is 0. The van der Waals surface area contributed by atoms with Crippen molar-refractivity contribution in [1.29, 1.82) is 0 Å². The molecule has 0 radical (unpaired) electrons. The molecule has 3 nitrogen and oxygen atoms in total. The smallest absolute Gasteiger partial charge is 0.306 e. The lowest BCUT2D eigenvalue weighted by Crippen LogP contribution is -2.34. The highest BCUT2D eigenvalue weighted by molar-refractivity contribution is 5.69. The van der Waals surface area contributed by atoms with E-state index in [2.05, 4.69) is 5.32 Å². The summed E-state index contributed by atoms with van der Waals surface area (Å²) in [6, 6.07) is 10.3. The summed E-state index contributed by atoms with van der Waals surface area (Å²) in [5, 5.41) is 3.44. The number of rotatable bonds is 5. The van der Waals surface area contributed by atoms with E-state index in [1.54, 1.807) is 0 Å². The Balaban J connectivity index is 1.63. The lowest BCUT2D eigenvalue weighted by Gasteiger charge is -2.22. The first kappa shape index (κ1) is 13.1. The van der Waals surface area contributed by atoms with E-state index in [9.17, 15) is 4.79 Å². The molecular formula is C15H21NO2. The van der Waals surface area contributed by atoms with Crippen molar-refractivity contribution in [2.24, 2.45) is 0 Å². The van der Waals surface area contributed by atoms with Gasteiger partial charge in [-0.1, -0.05) is 36.8 Å². The van der Waals surface area contributed by atoms with Crippen molar-refractivity contribution >= 4 is 5.97 Å². The molecular weight excluding hydrogens is 226 g/mol. The van der Waals surface area contributed by atoms with Gasteiger partial charge in [0.1, 0.15) is 6.61 Å². The van der Waals surface area contributed by atoms with Crippen LogP contribution in [0.2, 0.25) is 0 Å². The fraction of sp³-hybridized carbons (Fsp3) is 0.533. The van der Waals surface area contributed by atoms with Crippen LogP contribution in [-0.4, -0.2) is 18.6 Å². The average Bonchev–Trinajstić information content (AvgIpc) is 2.45. The molecule has 0 bridgehead atoms. The van der Waals surface area contributed by atoms with E-state index < -0.39 is 0 Å². The van der Waals surface area contributed by atoms with Gasteiger partial charge in [0.15, 0.2) is 0 Å². The molecule has 1 aliphatic heterocycles. The van der Waals surface area contributed by atoms with E-state index in [-0.39, 0.29) is 5.97 Å². The zero-order chi connectivity index (χ0) is 12.6. The minimum absolute atomic E-state index is 0.0915. The number of benzene rings is 1. The highest BCUT2D eigenvalue weighted by atomic mass is 16.5. The number of carbonyl (C=O) groups excluding carboxylic acids is 1. The first-order chi connectivity index (χ1) is 8.84. The SMILES string of the molecule is O=C(CCC1CCCCN1)OCc1ccccc1. The molecule has 18 heavy (non-hydrogen) atoms. The summed E-state index contributed by atoms with van der Waals surface area (Å²) < 4.78 is 5.25. The number of ether oxygens (including phenoxy) is 1. The van der Waals surface area contributed by atoms with Crippen molar-refractivity contribution in [1.82, 2.24) is 5.32 Å². The fourth-order valence-electron chi connectivity index (χ4n) is 2.27. The normalized spacial score (nSPS) is 19.4. The van der Waals surface area contributed by atoms with Gasteiger partial charge in [-0.15, -0.1) is 0 Å². The Bertz CT molecular complexity index is 358. The Labute approximate surface area is 109 Å². The highest BCUT2D eigenvalue weighted by Gasteiger charge is 2.14. The molecule has 1 heterocycles. The topological polar surface area (TPSA) is 38.3 Å². The summed E-state index contributed by atoms with van der Waals surface area (Å²) in [5.41, 5.74) is 1.04. The van der Waals surface area contributed by atoms with Crippen LogP contribution in [0.4, 0.5) is 0 Å². The van der Waals surface area contributed by atoms with Crippen molar-refractivity contribution < 1.29 is 9.53 Å². The fourth-order valence-corrected chi connectivity index (χ4v) is 2.27. The molecule has 1 aromatic rings. The van der Waals surface area contributed by atoms with E-state index in [0.717, 1.165) is 18.5 Å². The van der Waals surface area contributed by atoms with Crippen molar-refractivity contribution in [2.45, 2.75) is 44.8 Å². The maximum absolute atomic E-state index is 11.6. The van der Waals surface area contributed by atoms with Crippen LogP contribution in [-0.2, 0) is 16.1 Å². The lowest BCUT2D eigenvalue weighted by molar-refractivity contribution is -0.145. The standard InChI is InChI=1S/C15H21NO2/c17-15(10-9-14-8-4-5-11-16-14)18-12-13-6-2-1-3-7-13/h1-3,6-7,14,16H,4-5,8-12H2. The van der Waals surface area contributed by atoms with Gasteiger partial charge in [0.25, 0.3) is 0 Å². The van der Waals surface area contributed by atoms with Crippen molar-refractivity contribution in [2.75, 3.05) is 6.54 Å². The van der Waals surface area contributed by atoms with Gasteiger partial charge >= 0.3 is 5.97 Å². The Morgan fingerprint density at radius 2 is 2.11 bits per heavy atom. The van der Waals surface area contributed by atoms with Gasteiger partial charge in [-0.05, 0) is 31.4 Å². The summed E-state index contributed by atoms with van der Waals surface area (Å²) in [6.45, 7) is 1.47. The van der Waals surface area contributed by atoms with Crippen molar-refractivity contribution in [3.8, 4) is 0 Å². The third-order valence-electron chi connectivity index (χ3n) is 3.35. The second-order valence-corrected chi connectivity index (χ2v) is 4.83. The first-order valence-corrected chi connectivity index (χ1v) is 6.77. The molecule has 1 aromatic carbocycles. The molecule has 1 N–H and O–H groups in total. The maximum Gasteiger partial charge on any atom is 0.306 e. The molecule has 2 rings (SSSR count). The van der Waals surface area contributed by atoms with Gasteiger partial charge in [-0.2, -0.15) is 0 Å². The molecule has 0 aliphatic carbocycles. The van der Waals surface area contributed by atoms with Crippen molar-refractivity contribution in [3.05, 3.63) is 35.9 Å². The summed E-state index contributed by atoms with van der Waals surface area (Å²) in [4.78, 5) is 11.6. The Hall–Kier alpha value is -1.35. The quantitative estimate of drug-likeness (QED) is 0.813. The Kier molecular flexibility index (Phi) is 5.21. The maximum atomic E-state index is 11.6. The van der Waals surface area contributed by atoms with Gasteiger partial charge in [0.05, 0.1) is 0 Å². The van der Waals surface area contributed by atoms with Crippen LogP contribution >= 0.6 is 0 Å². The van der Waals surface area contributed by atoms with Gasteiger partial charge in [0, 0.05) is 12.5 Å². The van der Waals surface area contributed by atoms with E-state index in [0.29, 0.717) is 19.1 Å². The van der Waals surface area contributed by atoms with Gasteiger partial charge in [-0.3, -0.25) is 4.79 Å². The molecule has 1 aliphatic rings. The second-order valence-electron chi connectivity index (χ2n) is 4.83. The molecule has 3 heteroatoms. The Morgan fingerprint density at radius 1 is 1.28 bits per heavy atom. The zero-order valence-corrected chi connectivity index (χ0v) is 10.7. The van der Waals surface area contributed by atoms with E-state index in [4.69, 9.17) is 4.74 Å². The third-order valence-corrected chi connectivity index (χ3v) is 3.35. The minimum atomic E-state index is -0.0915. The van der Waals surface area contributed by atoms with Gasteiger partial charge < -0.3 is 10.1 Å². The largest absolute Gasteiger partial charge is 0.461 e. The molecule has 1 saturated heterocycles. The molecule has 0 spiro atoms. The first-order valence-electron chi connectivity index (χ1n) is 6.77. The summed E-state index contributed by atoms with van der Waals surface area (Å²) in [6.07, 6.45) is 5.13. The minimum Gasteiger partial charge on any atom is -0.461 e. The van der Waals surface area contributed by atoms with E-state index in [1.165, 1.54) is 19.3 Å². The highest BCUT2D eigenvalue weighted by Crippen LogP contribution is 2.12. The van der Waals surface area contributed by atoms with Crippen LogP contribution in [0, 0.1) is 0 Å².